The summed E-state index contributed by atoms with van der Waals surface area (Å²) < 4.78 is 5.14. The van der Waals surface area contributed by atoms with Gasteiger partial charge in [-0.15, -0.1) is 0 Å². The fourth-order valence-electron chi connectivity index (χ4n) is 3.34. The molecule has 1 N–H and O–H groups in total. The third-order valence-corrected chi connectivity index (χ3v) is 4.39. The van der Waals surface area contributed by atoms with Crippen LogP contribution in [0.1, 0.15) is 46.0 Å². The van der Waals surface area contributed by atoms with Crippen LogP contribution in [0.25, 0.3) is 0 Å². The Kier molecular flexibility index (Phi) is 4.13. The van der Waals surface area contributed by atoms with Crippen LogP contribution in [0.4, 0.5) is 0 Å². The van der Waals surface area contributed by atoms with Gasteiger partial charge in [0.2, 0.25) is 11.8 Å². The lowest BCUT2D eigenvalue weighted by Crippen LogP contribution is -2.71. The molecule has 0 aromatic rings. The number of carbonyl (C=O) groups excluding carboxylic acids is 2. The van der Waals surface area contributed by atoms with Crippen LogP contribution in [0, 0.1) is 0 Å². The van der Waals surface area contributed by atoms with E-state index in [4.69, 9.17) is 4.74 Å². The van der Waals surface area contributed by atoms with Crippen LogP contribution >= 0.6 is 0 Å². The van der Waals surface area contributed by atoms with E-state index in [0.29, 0.717) is 6.61 Å². The van der Waals surface area contributed by atoms with Gasteiger partial charge in [-0.05, 0) is 26.7 Å². The molecule has 2 rings (SSSR count). The van der Waals surface area contributed by atoms with Gasteiger partial charge in [0, 0.05) is 7.11 Å². The summed E-state index contributed by atoms with van der Waals surface area (Å²) in [5.74, 6) is 0.0355. The molecule has 0 radical (unpaired) electrons. The normalized spacial score (nSPS) is 28.4. The van der Waals surface area contributed by atoms with Crippen LogP contribution < -0.4 is 5.32 Å². The van der Waals surface area contributed by atoms with Crippen molar-refractivity contribution in [2.75, 3.05) is 13.7 Å². The van der Waals surface area contributed by atoms with Crippen molar-refractivity contribution in [3.05, 3.63) is 0 Å². The van der Waals surface area contributed by atoms with Gasteiger partial charge in [0.1, 0.15) is 11.6 Å². The van der Waals surface area contributed by atoms with Crippen LogP contribution in [-0.4, -0.2) is 48.1 Å². The number of hydrogen-bond acceptors (Lipinski definition) is 3. The highest BCUT2D eigenvalue weighted by Crippen LogP contribution is 2.34. The van der Waals surface area contributed by atoms with Gasteiger partial charge in [0.25, 0.3) is 0 Å². The highest BCUT2D eigenvalue weighted by molar-refractivity contribution is 5.99. The minimum Gasteiger partial charge on any atom is -0.383 e. The van der Waals surface area contributed by atoms with Crippen LogP contribution in [0.3, 0.4) is 0 Å². The maximum Gasteiger partial charge on any atom is 0.249 e. The Bertz CT molecular complexity index is 364. The zero-order valence-electron chi connectivity index (χ0n) is 12.1. The molecule has 1 aliphatic carbocycles. The molecule has 5 nitrogen and oxygen atoms in total. The molecule has 1 spiro atoms. The molecule has 0 aromatic heterocycles. The van der Waals surface area contributed by atoms with Crippen LogP contribution in [-0.2, 0) is 14.3 Å². The molecular weight excluding hydrogens is 244 g/mol. The monoisotopic (exact) mass is 268 g/mol. The molecule has 0 aromatic carbocycles. The first kappa shape index (κ1) is 14.3. The van der Waals surface area contributed by atoms with Crippen molar-refractivity contribution in [2.24, 2.45) is 0 Å². The zero-order chi connectivity index (χ0) is 14.0. The van der Waals surface area contributed by atoms with Crippen molar-refractivity contribution in [3.63, 3.8) is 0 Å². The van der Waals surface area contributed by atoms with E-state index < -0.39 is 11.6 Å². The van der Waals surface area contributed by atoms with E-state index in [9.17, 15) is 9.59 Å². The van der Waals surface area contributed by atoms with E-state index >= 15 is 0 Å². The van der Waals surface area contributed by atoms with Crippen LogP contribution in [0.5, 0.6) is 0 Å². The van der Waals surface area contributed by atoms with Crippen molar-refractivity contribution in [3.8, 4) is 0 Å². The average molecular weight is 268 g/mol. The first-order valence-electron chi connectivity index (χ1n) is 7.15. The minimum atomic E-state index is -0.649. The maximum absolute atomic E-state index is 12.8. The number of nitrogens with one attached hydrogen (secondary N) is 1. The quantitative estimate of drug-likeness (QED) is 0.833. The Balaban J connectivity index is 2.25. The van der Waals surface area contributed by atoms with Gasteiger partial charge in [-0.25, -0.2) is 0 Å². The van der Waals surface area contributed by atoms with E-state index in [0.717, 1.165) is 32.1 Å². The standard InChI is InChI=1S/C14H24N2O3/c1-10(9-19-3)16-11(2)12(17)15-14(13(16)18)7-5-4-6-8-14/h10-11H,4-9H2,1-3H3,(H,15,17). The summed E-state index contributed by atoms with van der Waals surface area (Å²) in [7, 11) is 1.62. The summed E-state index contributed by atoms with van der Waals surface area (Å²) in [5.41, 5.74) is -0.649. The average Bonchev–Trinajstić information content (AvgIpc) is 2.38. The van der Waals surface area contributed by atoms with Crippen molar-refractivity contribution in [2.45, 2.75) is 63.6 Å². The molecule has 2 amide bonds. The van der Waals surface area contributed by atoms with Gasteiger partial charge in [0.05, 0.1) is 12.6 Å². The third-order valence-electron chi connectivity index (χ3n) is 4.39. The Hall–Kier alpha value is -1.10. The number of piperazine rings is 1. The summed E-state index contributed by atoms with van der Waals surface area (Å²) in [5, 5.41) is 2.99. The first-order valence-corrected chi connectivity index (χ1v) is 7.15. The second kappa shape index (κ2) is 5.49. The molecule has 2 unspecified atom stereocenters. The number of hydrogen-bond donors (Lipinski definition) is 1. The minimum absolute atomic E-state index is 0.0375. The summed E-state index contributed by atoms with van der Waals surface area (Å²) in [6.45, 7) is 4.18. The number of amides is 2. The molecular formula is C14H24N2O3. The molecule has 1 saturated heterocycles. The molecule has 108 valence electrons. The number of carbonyl (C=O) groups is 2. The molecule has 2 atom stereocenters. The number of methoxy groups -OCH3 is 1. The lowest BCUT2D eigenvalue weighted by atomic mass is 9.78. The summed E-state index contributed by atoms with van der Waals surface area (Å²) in [6, 6.07) is -0.484. The fourth-order valence-corrected chi connectivity index (χ4v) is 3.34. The van der Waals surface area contributed by atoms with Gasteiger partial charge < -0.3 is 15.0 Å². The summed E-state index contributed by atoms with van der Waals surface area (Å²) >= 11 is 0. The van der Waals surface area contributed by atoms with E-state index in [2.05, 4.69) is 5.32 Å². The Morgan fingerprint density at radius 3 is 2.58 bits per heavy atom. The van der Waals surface area contributed by atoms with E-state index in [1.165, 1.54) is 0 Å². The van der Waals surface area contributed by atoms with Crippen molar-refractivity contribution in [1.29, 1.82) is 0 Å². The highest BCUT2D eigenvalue weighted by atomic mass is 16.5. The van der Waals surface area contributed by atoms with Crippen molar-refractivity contribution in [1.82, 2.24) is 10.2 Å². The number of ether oxygens (including phenoxy) is 1. The van der Waals surface area contributed by atoms with Gasteiger partial charge in [-0.3, -0.25) is 9.59 Å². The largest absolute Gasteiger partial charge is 0.383 e. The molecule has 5 heteroatoms. The molecule has 2 fully saturated rings. The Morgan fingerprint density at radius 1 is 1.37 bits per heavy atom. The SMILES string of the molecule is COCC(C)N1C(=O)C2(CCCCC2)NC(=O)C1C. The lowest BCUT2D eigenvalue weighted by molar-refractivity contribution is -0.159. The van der Waals surface area contributed by atoms with E-state index in [1.807, 2.05) is 6.92 Å². The van der Waals surface area contributed by atoms with Gasteiger partial charge in [-0.2, -0.15) is 0 Å². The predicted octanol–water partition coefficient (Wildman–Crippen LogP) is 1.07. The fraction of sp³-hybridized carbons (Fsp3) is 0.857. The van der Waals surface area contributed by atoms with Crippen molar-refractivity contribution < 1.29 is 14.3 Å². The molecule has 0 bridgehead atoms. The Labute approximate surface area is 114 Å². The van der Waals surface area contributed by atoms with E-state index in [1.54, 1.807) is 18.9 Å². The van der Waals surface area contributed by atoms with Gasteiger partial charge in [-0.1, -0.05) is 19.3 Å². The number of rotatable bonds is 3. The van der Waals surface area contributed by atoms with Gasteiger partial charge in [0.15, 0.2) is 0 Å². The van der Waals surface area contributed by atoms with E-state index in [-0.39, 0.29) is 17.9 Å². The zero-order valence-corrected chi connectivity index (χ0v) is 12.1. The number of nitrogens with zero attached hydrogens (tertiary/aromatic N) is 1. The lowest BCUT2D eigenvalue weighted by Gasteiger charge is -2.48. The Morgan fingerprint density at radius 2 is 2.00 bits per heavy atom. The van der Waals surface area contributed by atoms with Gasteiger partial charge >= 0.3 is 0 Å². The maximum atomic E-state index is 12.8. The van der Waals surface area contributed by atoms with Crippen LogP contribution in [0.2, 0.25) is 0 Å². The summed E-state index contributed by atoms with van der Waals surface area (Å²) in [4.78, 5) is 26.7. The highest BCUT2D eigenvalue weighted by Gasteiger charge is 2.50. The molecule has 19 heavy (non-hydrogen) atoms. The molecule has 1 heterocycles. The second-order valence-corrected chi connectivity index (χ2v) is 5.82. The molecule has 1 saturated carbocycles. The predicted molar refractivity (Wildman–Crippen MR) is 71.6 cm³/mol. The second-order valence-electron chi connectivity index (χ2n) is 5.82. The molecule has 2 aliphatic rings. The third kappa shape index (κ3) is 2.48. The molecule has 1 aliphatic heterocycles. The topological polar surface area (TPSA) is 58.6 Å². The van der Waals surface area contributed by atoms with Crippen LogP contribution in [0.15, 0.2) is 0 Å². The first-order chi connectivity index (χ1) is 9.02. The van der Waals surface area contributed by atoms with Crippen molar-refractivity contribution >= 4 is 11.8 Å². The smallest absolute Gasteiger partial charge is 0.249 e. The summed E-state index contributed by atoms with van der Waals surface area (Å²) in [6.07, 6.45) is 4.69.